The van der Waals surface area contributed by atoms with E-state index in [9.17, 15) is 8.78 Å². The van der Waals surface area contributed by atoms with E-state index in [4.69, 9.17) is 0 Å². The van der Waals surface area contributed by atoms with Crippen molar-refractivity contribution in [1.82, 2.24) is 14.9 Å². The number of anilines is 2. The number of piperidine rings is 1. The van der Waals surface area contributed by atoms with Gasteiger partial charge in [-0.25, -0.2) is 18.7 Å². The van der Waals surface area contributed by atoms with Crippen LogP contribution in [0.25, 0.3) is 20.4 Å². The topological polar surface area (TPSA) is 41.1 Å². The van der Waals surface area contributed by atoms with E-state index < -0.39 is 11.6 Å². The molecule has 4 aromatic rings. The van der Waals surface area contributed by atoms with Gasteiger partial charge in [-0.05, 0) is 51.6 Å². The number of nitrogens with one attached hydrogen (secondary N) is 1. The first-order chi connectivity index (χ1) is 14.0. The summed E-state index contributed by atoms with van der Waals surface area (Å²) in [4.78, 5) is 13.1. The molecule has 0 bridgehead atoms. The highest BCUT2D eigenvalue weighted by atomic mass is 32.1. The second-order valence-corrected chi connectivity index (χ2v) is 9.52. The number of likely N-dealkylation sites (N-methyl/N-ethyl adjacent to an activating group) is 1. The van der Waals surface area contributed by atoms with Crippen molar-refractivity contribution in [3.63, 3.8) is 0 Å². The van der Waals surface area contributed by atoms with Gasteiger partial charge in [-0.3, -0.25) is 0 Å². The van der Waals surface area contributed by atoms with E-state index in [1.807, 2.05) is 0 Å². The first kappa shape index (κ1) is 18.8. The van der Waals surface area contributed by atoms with Crippen molar-refractivity contribution >= 4 is 54.5 Å². The highest BCUT2D eigenvalue weighted by molar-refractivity contribution is 7.18. The van der Waals surface area contributed by atoms with Crippen molar-refractivity contribution in [3.05, 3.63) is 46.4 Å². The Morgan fingerprint density at radius 1 is 1.24 bits per heavy atom. The first-order valence-corrected chi connectivity index (χ1v) is 11.3. The van der Waals surface area contributed by atoms with Crippen LogP contribution < -0.4 is 5.32 Å². The standard InChI is InChI=1S/C21H20F2N4S2/c1-11-12(4-3-7-27(11)2)16-8-13-15(5-6-24-21(13)29-16)26-19-14(22)9-17-20(18(19)23)25-10-28-17/h5-6,8-12H,3-4,7H2,1-2H3,(H,24,26). The van der Waals surface area contributed by atoms with Gasteiger partial charge in [0.2, 0.25) is 0 Å². The molecule has 4 nitrogen and oxygen atoms in total. The minimum Gasteiger partial charge on any atom is -0.350 e. The van der Waals surface area contributed by atoms with Crippen LogP contribution in [-0.2, 0) is 0 Å². The van der Waals surface area contributed by atoms with Crippen LogP contribution >= 0.6 is 22.7 Å². The molecular weight excluding hydrogens is 410 g/mol. The number of likely N-dealkylation sites (tertiary alicyclic amines) is 1. The van der Waals surface area contributed by atoms with E-state index in [2.05, 4.69) is 40.2 Å². The molecule has 2 unspecified atom stereocenters. The molecule has 1 aliphatic heterocycles. The molecule has 0 radical (unpaired) electrons. The fourth-order valence-electron chi connectivity index (χ4n) is 4.12. The van der Waals surface area contributed by atoms with E-state index >= 15 is 0 Å². The van der Waals surface area contributed by atoms with Gasteiger partial charge < -0.3 is 10.2 Å². The Kier molecular flexibility index (Phi) is 4.72. The second-order valence-electron chi connectivity index (χ2n) is 7.57. The maximum absolute atomic E-state index is 14.9. The molecule has 0 amide bonds. The van der Waals surface area contributed by atoms with E-state index in [0.717, 1.165) is 23.2 Å². The Balaban J connectivity index is 1.56. The molecule has 0 spiro atoms. The Bertz CT molecular complexity index is 1200. The third kappa shape index (κ3) is 3.19. The van der Waals surface area contributed by atoms with Crippen LogP contribution in [0.2, 0.25) is 0 Å². The van der Waals surface area contributed by atoms with Crippen LogP contribution in [0.5, 0.6) is 0 Å². The van der Waals surface area contributed by atoms with E-state index in [1.165, 1.54) is 34.2 Å². The number of pyridine rings is 1. The molecule has 1 fully saturated rings. The van der Waals surface area contributed by atoms with Gasteiger partial charge in [0.05, 0.1) is 15.9 Å². The second kappa shape index (κ2) is 7.27. The van der Waals surface area contributed by atoms with Crippen LogP contribution in [0.3, 0.4) is 0 Å². The van der Waals surface area contributed by atoms with Gasteiger partial charge in [-0.1, -0.05) is 0 Å². The normalized spacial score (nSPS) is 20.6. The molecular formula is C21H20F2N4S2. The monoisotopic (exact) mass is 430 g/mol. The zero-order valence-corrected chi connectivity index (χ0v) is 17.7. The molecule has 1 aromatic carbocycles. The lowest BCUT2D eigenvalue weighted by Crippen LogP contribution is -2.38. The summed E-state index contributed by atoms with van der Waals surface area (Å²) in [6, 6.07) is 5.68. The molecule has 3 aromatic heterocycles. The van der Waals surface area contributed by atoms with Crippen LogP contribution in [-0.4, -0.2) is 34.5 Å². The van der Waals surface area contributed by atoms with Crippen molar-refractivity contribution in [2.45, 2.75) is 31.7 Å². The predicted molar refractivity (Wildman–Crippen MR) is 117 cm³/mol. The van der Waals surface area contributed by atoms with Crippen molar-refractivity contribution in [3.8, 4) is 0 Å². The number of rotatable bonds is 3. The van der Waals surface area contributed by atoms with Crippen LogP contribution in [0.15, 0.2) is 29.9 Å². The van der Waals surface area contributed by atoms with Gasteiger partial charge in [0.15, 0.2) is 11.6 Å². The SMILES string of the molecule is CC1C(c2cc3c(Nc4c(F)cc5scnc5c4F)ccnc3s2)CCCN1C. The number of hydrogen-bond donors (Lipinski definition) is 1. The van der Waals surface area contributed by atoms with Gasteiger partial charge in [-0.15, -0.1) is 22.7 Å². The molecule has 150 valence electrons. The molecule has 5 rings (SSSR count). The zero-order chi connectivity index (χ0) is 20.1. The summed E-state index contributed by atoms with van der Waals surface area (Å²) in [6.07, 6.45) is 3.99. The third-order valence-corrected chi connectivity index (χ3v) is 7.85. The summed E-state index contributed by atoms with van der Waals surface area (Å²) in [5.74, 6) is -0.841. The third-order valence-electron chi connectivity index (χ3n) is 5.90. The van der Waals surface area contributed by atoms with Crippen LogP contribution in [0.1, 0.15) is 30.6 Å². The van der Waals surface area contributed by atoms with Crippen LogP contribution in [0, 0.1) is 11.6 Å². The fraction of sp³-hybridized carbons (Fsp3) is 0.333. The Labute approximate surface area is 175 Å². The highest BCUT2D eigenvalue weighted by Crippen LogP contribution is 2.41. The van der Waals surface area contributed by atoms with E-state index in [0.29, 0.717) is 22.3 Å². The molecule has 1 saturated heterocycles. The van der Waals surface area contributed by atoms with Crippen molar-refractivity contribution in [1.29, 1.82) is 0 Å². The maximum Gasteiger partial charge on any atom is 0.176 e. The number of benzene rings is 1. The van der Waals surface area contributed by atoms with Crippen LogP contribution in [0.4, 0.5) is 20.2 Å². The minimum atomic E-state index is -0.663. The largest absolute Gasteiger partial charge is 0.350 e. The molecule has 8 heteroatoms. The number of thiazole rings is 1. The smallest absolute Gasteiger partial charge is 0.176 e. The number of hydrogen-bond acceptors (Lipinski definition) is 6. The first-order valence-electron chi connectivity index (χ1n) is 9.60. The maximum atomic E-state index is 14.9. The van der Waals surface area contributed by atoms with E-state index in [1.54, 1.807) is 23.6 Å². The van der Waals surface area contributed by atoms with Gasteiger partial charge in [0, 0.05) is 28.4 Å². The average molecular weight is 431 g/mol. The summed E-state index contributed by atoms with van der Waals surface area (Å²) < 4.78 is 30.0. The Hall–Kier alpha value is -2.16. The molecule has 0 aliphatic carbocycles. The van der Waals surface area contributed by atoms with Gasteiger partial charge in [-0.2, -0.15) is 0 Å². The predicted octanol–water partition coefficient (Wildman–Crippen LogP) is 6.13. The highest BCUT2D eigenvalue weighted by Gasteiger charge is 2.28. The summed E-state index contributed by atoms with van der Waals surface area (Å²) in [6.45, 7) is 3.37. The van der Waals surface area contributed by atoms with Crippen molar-refractivity contribution in [2.24, 2.45) is 0 Å². The summed E-state index contributed by atoms with van der Waals surface area (Å²) >= 11 is 2.89. The number of nitrogens with zero attached hydrogens (tertiary/aromatic N) is 3. The number of halogens is 2. The molecule has 4 heterocycles. The summed E-state index contributed by atoms with van der Waals surface area (Å²) in [5, 5.41) is 3.87. The summed E-state index contributed by atoms with van der Waals surface area (Å²) in [7, 11) is 2.16. The molecule has 29 heavy (non-hydrogen) atoms. The molecule has 1 N–H and O–H groups in total. The number of aromatic nitrogens is 2. The molecule has 0 saturated carbocycles. The lowest BCUT2D eigenvalue weighted by atomic mass is 9.89. The van der Waals surface area contributed by atoms with E-state index in [-0.39, 0.29) is 11.2 Å². The molecule has 1 aliphatic rings. The quantitative estimate of drug-likeness (QED) is 0.425. The van der Waals surface area contributed by atoms with Crippen molar-refractivity contribution in [2.75, 3.05) is 18.9 Å². The minimum absolute atomic E-state index is 0.172. The van der Waals surface area contributed by atoms with Gasteiger partial charge in [0.1, 0.15) is 16.0 Å². The molecule has 2 atom stereocenters. The lowest BCUT2D eigenvalue weighted by Gasteiger charge is -2.36. The summed E-state index contributed by atoms with van der Waals surface area (Å²) in [5.41, 5.74) is 2.19. The fourth-order valence-corrected chi connectivity index (χ4v) is 6.08. The van der Waals surface area contributed by atoms with Crippen molar-refractivity contribution < 1.29 is 8.78 Å². The van der Waals surface area contributed by atoms with Gasteiger partial charge in [0.25, 0.3) is 0 Å². The average Bonchev–Trinajstić information content (AvgIpc) is 3.34. The lowest BCUT2D eigenvalue weighted by molar-refractivity contribution is 0.176. The number of thiophene rings is 1. The Morgan fingerprint density at radius 3 is 2.97 bits per heavy atom. The Morgan fingerprint density at radius 2 is 2.10 bits per heavy atom. The zero-order valence-electron chi connectivity index (χ0n) is 16.1. The number of fused-ring (bicyclic) bond motifs is 2. The van der Waals surface area contributed by atoms with Gasteiger partial charge >= 0.3 is 0 Å².